The number of likely N-dealkylation sites (tertiary alicyclic amines) is 1. The monoisotopic (exact) mass is 297 g/mol. The summed E-state index contributed by atoms with van der Waals surface area (Å²) in [7, 11) is 0. The molecule has 0 radical (unpaired) electrons. The fourth-order valence-corrected chi connectivity index (χ4v) is 2.93. The smallest absolute Gasteiger partial charge is 0.128 e. The first-order valence-corrected chi connectivity index (χ1v) is 7.10. The lowest BCUT2D eigenvalue weighted by Crippen LogP contribution is -2.34. The zero-order valence-electron chi connectivity index (χ0n) is 10.5. The summed E-state index contributed by atoms with van der Waals surface area (Å²) < 4.78 is 1.04. The molecule has 1 fully saturated rings. The first-order chi connectivity index (χ1) is 8.20. The van der Waals surface area contributed by atoms with Crippen LogP contribution in [0, 0.1) is 6.92 Å². The van der Waals surface area contributed by atoms with Gasteiger partial charge in [0.25, 0.3) is 0 Å². The van der Waals surface area contributed by atoms with Gasteiger partial charge in [0.1, 0.15) is 5.82 Å². The van der Waals surface area contributed by atoms with Crippen LogP contribution in [0.1, 0.15) is 25.3 Å². The van der Waals surface area contributed by atoms with Crippen LogP contribution in [-0.2, 0) is 0 Å². The summed E-state index contributed by atoms with van der Waals surface area (Å²) in [6, 6.07) is 2.77. The number of halogens is 1. The molecule has 1 aliphatic rings. The van der Waals surface area contributed by atoms with Crippen LogP contribution in [-0.4, -0.2) is 35.6 Å². The molecule has 0 aromatic carbocycles. The Morgan fingerprint density at radius 1 is 1.59 bits per heavy atom. The first kappa shape index (κ1) is 12.8. The minimum atomic E-state index is 0.671. The predicted molar refractivity (Wildman–Crippen MR) is 75.4 cm³/mol. The highest BCUT2D eigenvalue weighted by Gasteiger charge is 2.22. The van der Waals surface area contributed by atoms with E-state index in [2.05, 4.69) is 51.0 Å². The summed E-state index contributed by atoms with van der Waals surface area (Å²) in [5.41, 5.74) is 1.19. The number of rotatable bonds is 4. The molecule has 1 aliphatic heterocycles. The summed E-state index contributed by atoms with van der Waals surface area (Å²) >= 11 is 3.44. The van der Waals surface area contributed by atoms with Gasteiger partial charge in [-0.1, -0.05) is 6.92 Å². The van der Waals surface area contributed by atoms with Gasteiger partial charge >= 0.3 is 0 Å². The third-order valence-electron chi connectivity index (χ3n) is 3.46. The molecule has 3 nitrogen and oxygen atoms in total. The Labute approximate surface area is 112 Å². The quantitative estimate of drug-likeness (QED) is 0.926. The summed E-state index contributed by atoms with van der Waals surface area (Å²) in [5.74, 6) is 1.01. The first-order valence-electron chi connectivity index (χ1n) is 6.30. The molecule has 94 valence electrons. The van der Waals surface area contributed by atoms with E-state index in [-0.39, 0.29) is 0 Å². The predicted octanol–water partition coefficient (Wildman–Crippen LogP) is 3.05. The normalized spacial score (nSPS) is 20.8. The van der Waals surface area contributed by atoms with E-state index in [1.54, 1.807) is 0 Å². The van der Waals surface area contributed by atoms with Gasteiger partial charge in [0.2, 0.25) is 0 Å². The van der Waals surface area contributed by atoms with Gasteiger partial charge in [0.05, 0.1) is 0 Å². The fourth-order valence-electron chi connectivity index (χ4n) is 2.48. The van der Waals surface area contributed by atoms with Crippen LogP contribution in [0.25, 0.3) is 0 Å². The molecule has 1 unspecified atom stereocenters. The van der Waals surface area contributed by atoms with Crippen molar-refractivity contribution in [3.63, 3.8) is 0 Å². The minimum Gasteiger partial charge on any atom is -0.368 e. The maximum Gasteiger partial charge on any atom is 0.128 e. The lowest BCUT2D eigenvalue weighted by atomic mass is 10.2. The van der Waals surface area contributed by atoms with E-state index in [0.717, 1.165) is 23.4 Å². The summed E-state index contributed by atoms with van der Waals surface area (Å²) in [6.07, 6.45) is 4.48. The van der Waals surface area contributed by atoms with Crippen molar-refractivity contribution < 1.29 is 0 Å². The Bertz CT molecular complexity index is 381. The Morgan fingerprint density at radius 2 is 2.41 bits per heavy atom. The molecule has 0 bridgehead atoms. The third-order valence-corrected chi connectivity index (χ3v) is 3.89. The van der Waals surface area contributed by atoms with Crippen molar-refractivity contribution in [2.24, 2.45) is 0 Å². The van der Waals surface area contributed by atoms with E-state index in [1.165, 1.54) is 24.9 Å². The molecule has 1 saturated heterocycles. The van der Waals surface area contributed by atoms with Gasteiger partial charge in [0, 0.05) is 23.3 Å². The molecule has 17 heavy (non-hydrogen) atoms. The molecular formula is C13H20BrN3. The van der Waals surface area contributed by atoms with E-state index < -0.39 is 0 Å². The molecule has 1 atom stereocenters. The second-order valence-electron chi connectivity index (χ2n) is 4.62. The molecule has 1 N–H and O–H groups in total. The highest BCUT2D eigenvalue weighted by atomic mass is 79.9. The molecule has 1 aromatic rings. The number of hydrogen-bond acceptors (Lipinski definition) is 3. The molecule has 1 aromatic heterocycles. The van der Waals surface area contributed by atoms with Crippen LogP contribution >= 0.6 is 15.9 Å². The van der Waals surface area contributed by atoms with Gasteiger partial charge in [-0.3, -0.25) is 4.90 Å². The molecular weight excluding hydrogens is 278 g/mol. The van der Waals surface area contributed by atoms with Crippen molar-refractivity contribution in [2.45, 2.75) is 32.7 Å². The Balaban J connectivity index is 1.93. The van der Waals surface area contributed by atoms with Crippen molar-refractivity contribution in [1.82, 2.24) is 9.88 Å². The van der Waals surface area contributed by atoms with Crippen molar-refractivity contribution in [3.8, 4) is 0 Å². The number of nitrogens with zero attached hydrogens (tertiary/aromatic N) is 2. The van der Waals surface area contributed by atoms with E-state index in [0.29, 0.717) is 6.04 Å². The van der Waals surface area contributed by atoms with E-state index in [9.17, 15) is 0 Å². The van der Waals surface area contributed by atoms with Gasteiger partial charge in [0.15, 0.2) is 0 Å². The average Bonchev–Trinajstić information content (AvgIpc) is 2.75. The topological polar surface area (TPSA) is 28.2 Å². The van der Waals surface area contributed by atoms with E-state index in [4.69, 9.17) is 0 Å². The maximum absolute atomic E-state index is 4.41. The molecule has 2 rings (SSSR count). The number of anilines is 1. The second-order valence-corrected chi connectivity index (χ2v) is 5.54. The van der Waals surface area contributed by atoms with E-state index >= 15 is 0 Å². The molecule has 0 aliphatic carbocycles. The number of nitrogens with one attached hydrogen (secondary N) is 1. The lowest BCUT2D eigenvalue weighted by Gasteiger charge is -2.23. The average molecular weight is 298 g/mol. The number of likely N-dealkylation sites (N-methyl/N-ethyl adjacent to an activating group) is 1. The molecule has 0 saturated carbocycles. The van der Waals surface area contributed by atoms with Crippen LogP contribution in [0.2, 0.25) is 0 Å². The van der Waals surface area contributed by atoms with Crippen LogP contribution in [0.15, 0.2) is 16.7 Å². The van der Waals surface area contributed by atoms with Crippen molar-refractivity contribution in [3.05, 3.63) is 22.3 Å². The highest BCUT2D eigenvalue weighted by molar-refractivity contribution is 9.10. The number of aromatic nitrogens is 1. The number of pyridine rings is 1. The number of aryl methyl sites for hydroxylation is 1. The maximum atomic E-state index is 4.41. The Kier molecular flexibility index (Phi) is 4.40. The van der Waals surface area contributed by atoms with Crippen LogP contribution in [0.4, 0.5) is 5.82 Å². The van der Waals surface area contributed by atoms with Crippen molar-refractivity contribution >= 4 is 21.7 Å². The Hall–Kier alpha value is -0.610. The van der Waals surface area contributed by atoms with Gasteiger partial charge in [-0.25, -0.2) is 4.98 Å². The van der Waals surface area contributed by atoms with Crippen LogP contribution < -0.4 is 5.32 Å². The van der Waals surface area contributed by atoms with E-state index in [1.807, 2.05) is 6.20 Å². The highest BCUT2D eigenvalue weighted by Crippen LogP contribution is 2.20. The SMILES string of the molecule is CCN1CCCC1CNc1ncc(Br)cc1C. The number of hydrogen-bond donors (Lipinski definition) is 1. The lowest BCUT2D eigenvalue weighted by molar-refractivity contribution is 0.277. The van der Waals surface area contributed by atoms with Crippen molar-refractivity contribution in [1.29, 1.82) is 0 Å². The van der Waals surface area contributed by atoms with Gasteiger partial charge < -0.3 is 5.32 Å². The van der Waals surface area contributed by atoms with Crippen molar-refractivity contribution in [2.75, 3.05) is 25.0 Å². The molecule has 0 amide bonds. The third kappa shape index (κ3) is 3.19. The summed E-state index contributed by atoms with van der Waals surface area (Å²) in [4.78, 5) is 6.96. The zero-order valence-corrected chi connectivity index (χ0v) is 12.1. The largest absolute Gasteiger partial charge is 0.368 e. The zero-order chi connectivity index (χ0) is 12.3. The van der Waals surface area contributed by atoms with Gasteiger partial charge in [-0.2, -0.15) is 0 Å². The van der Waals surface area contributed by atoms with Crippen LogP contribution in [0.5, 0.6) is 0 Å². The molecule has 0 spiro atoms. The molecule has 2 heterocycles. The standard InChI is InChI=1S/C13H20BrN3/c1-3-17-6-4-5-12(17)9-16-13-10(2)7-11(14)8-15-13/h7-8,12H,3-6,9H2,1-2H3,(H,15,16). The second kappa shape index (κ2) is 5.83. The summed E-state index contributed by atoms with van der Waals surface area (Å²) in [5, 5.41) is 3.47. The fraction of sp³-hybridized carbons (Fsp3) is 0.615. The van der Waals surface area contributed by atoms with Crippen LogP contribution in [0.3, 0.4) is 0 Å². The summed E-state index contributed by atoms with van der Waals surface area (Å²) in [6.45, 7) is 7.73. The molecule has 4 heteroatoms. The minimum absolute atomic E-state index is 0.671. The Morgan fingerprint density at radius 3 is 3.12 bits per heavy atom. The van der Waals surface area contributed by atoms with Gasteiger partial charge in [-0.05, 0) is 60.4 Å². The van der Waals surface area contributed by atoms with Gasteiger partial charge in [-0.15, -0.1) is 0 Å².